The second-order valence-electron chi connectivity index (χ2n) is 8.74. The maximum Gasteiger partial charge on any atom is 0.255 e. The standard InChI is InChI=1S/C25H30N2O4/c1-15(2)11-21(27-14-17-7-5-6-8-18(17)25(27)29)24(28)26-20-10-9-16-12-22(30-3)23(31-4)13-19(16)20/h5-8,12-13,15,20-21H,9-11,14H2,1-4H3,(H,26,28)/t20-,21+/m1/s1. The third-order valence-electron chi connectivity index (χ3n) is 6.26. The Morgan fingerprint density at radius 1 is 1.13 bits per heavy atom. The number of carbonyl (C=O) groups is 2. The van der Waals surface area contributed by atoms with Gasteiger partial charge in [-0.1, -0.05) is 32.0 Å². The first-order valence-corrected chi connectivity index (χ1v) is 10.9. The molecule has 0 fully saturated rings. The van der Waals surface area contributed by atoms with Crippen molar-refractivity contribution in [3.8, 4) is 11.5 Å². The number of carbonyl (C=O) groups excluding carboxylic acids is 2. The summed E-state index contributed by atoms with van der Waals surface area (Å²) in [7, 11) is 3.24. The van der Waals surface area contributed by atoms with Crippen LogP contribution in [0.25, 0.3) is 0 Å². The Morgan fingerprint density at radius 2 is 1.84 bits per heavy atom. The average Bonchev–Trinajstić information content (AvgIpc) is 3.31. The van der Waals surface area contributed by atoms with E-state index in [1.165, 1.54) is 0 Å². The molecule has 0 unspecified atom stereocenters. The first-order valence-electron chi connectivity index (χ1n) is 10.9. The highest BCUT2D eigenvalue weighted by Crippen LogP contribution is 2.39. The Balaban J connectivity index is 1.56. The lowest BCUT2D eigenvalue weighted by atomic mass is 10.0. The van der Waals surface area contributed by atoms with Crippen LogP contribution in [0.1, 0.15) is 59.8 Å². The maximum atomic E-state index is 13.4. The van der Waals surface area contributed by atoms with Crippen LogP contribution in [0.4, 0.5) is 0 Å². The highest BCUT2D eigenvalue weighted by atomic mass is 16.5. The van der Waals surface area contributed by atoms with E-state index in [0.29, 0.717) is 30.0 Å². The molecule has 2 aromatic carbocycles. The van der Waals surface area contributed by atoms with E-state index >= 15 is 0 Å². The summed E-state index contributed by atoms with van der Waals surface area (Å²) in [6.45, 7) is 4.64. The third-order valence-corrected chi connectivity index (χ3v) is 6.26. The molecule has 6 nitrogen and oxygen atoms in total. The fourth-order valence-corrected chi connectivity index (χ4v) is 4.70. The van der Waals surface area contributed by atoms with Crippen molar-refractivity contribution in [1.82, 2.24) is 10.2 Å². The van der Waals surface area contributed by atoms with Gasteiger partial charge in [-0.15, -0.1) is 0 Å². The number of benzene rings is 2. The van der Waals surface area contributed by atoms with Gasteiger partial charge < -0.3 is 19.7 Å². The van der Waals surface area contributed by atoms with Crippen molar-refractivity contribution in [1.29, 1.82) is 0 Å². The van der Waals surface area contributed by atoms with Crippen molar-refractivity contribution >= 4 is 11.8 Å². The van der Waals surface area contributed by atoms with Crippen molar-refractivity contribution in [3.05, 3.63) is 58.7 Å². The lowest BCUT2D eigenvalue weighted by molar-refractivity contribution is -0.127. The van der Waals surface area contributed by atoms with Crippen molar-refractivity contribution in [2.75, 3.05) is 14.2 Å². The number of nitrogens with zero attached hydrogens (tertiary/aromatic N) is 1. The summed E-state index contributed by atoms with van der Waals surface area (Å²) in [6, 6.07) is 11.0. The van der Waals surface area contributed by atoms with Gasteiger partial charge in [0.25, 0.3) is 5.91 Å². The van der Waals surface area contributed by atoms with Gasteiger partial charge in [-0.05, 0) is 60.1 Å². The molecule has 31 heavy (non-hydrogen) atoms. The van der Waals surface area contributed by atoms with Crippen LogP contribution in [-0.4, -0.2) is 37.0 Å². The highest BCUT2D eigenvalue weighted by Gasteiger charge is 2.38. The first-order chi connectivity index (χ1) is 14.9. The number of fused-ring (bicyclic) bond motifs is 2. The van der Waals surface area contributed by atoms with Gasteiger partial charge >= 0.3 is 0 Å². The summed E-state index contributed by atoms with van der Waals surface area (Å²) in [5.41, 5.74) is 3.91. The van der Waals surface area contributed by atoms with E-state index in [2.05, 4.69) is 19.2 Å². The fourth-order valence-electron chi connectivity index (χ4n) is 4.70. The minimum absolute atomic E-state index is 0.0605. The zero-order valence-corrected chi connectivity index (χ0v) is 18.6. The quantitative estimate of drug-likeness (QED) is 0.735. The van der Waals surface area contributed by atoms with Gasteiger partial charge in [0, 0.05) is 12.1 Å². The van der Waals surface area contributed by atoms with Gasteiger partial charge in [0.1, 0.15) is 6.04 Å². The van der Waals surface area contributed by atoms with Crippen molar-refractivity contribution in [2.45, 2.75) is 51.7 Å². The van der Waals surface area contributed by atoms with Crippen molar-refractivity contribution in [2.24, 2.45) is 5.92 Å². The summed E-state index contributed by atoms with van der Waals surface area (Å²) >= 11 is 0. The third kappa shape index (κ3) is 3.99. The number of aryl methyl sites for hydroxylation is 1. The normalized spacial score (nSPS) is 18.0. The topological polar surface area (TPSA) is 67.9 Å². The number of hydrogen-bond donors (Lipinski definition) is 1. The van der Waals surface area contributed by atoms with Crippen molar-refractivity contribution < 1.29 is 19.1 Å². The molecule has 0 saturated carbocycles. The van der Waals surface area contributed by atoms with E-state index in [4.69, 9.17) is 9.47 Å². The smallest absolute Gasteiger partial charge is 0.255 e. The number of rotatable bonds is 7. The summed E-state index contributed by atoms with van der Waals surface area (Å²) in [6.07, 6.45) is 2.31. The Hall–Kier alpha value is -3.02. The van der Waals surface area contributed by atoms with Crippen LogP contribution in [0.15, 0.2) is 36.4 Å². The molecule has 164 valence electrons. The van der Waals surface area contributed by atoms with Gasteiger partial charge in [-0.2, -0.15) is 0 Å². The van der Waals surface area contributed by atoms with Crippen LogP contribution >= 0.6 is 0 Å². The predicted molar refractivity (Wildman–Crippen MR) is 118 cm³/mol. The summed E-state index contributed by atoms with van der Waals surface area (Å²) < 4.78 is 10.9. The van der Waals surface area contributed by atoms with Crippen LogP contribution in [0.5, 0.6) is 11.5 Å². The molecule has 6 heteroatoms. The van der Waals surface area contributed by atoms with Gasteiger partial charge in [-0.3, -0.25) is 9.59 Å². The Bertz CT molecular complexity index is 1000. The minimum atomic E-state index is -0.496. The molecule has 2 atom stereocenters. The van der Waals surface area contributed by atoms with Crippen LogP contribution in [-0.2, 0) is 17.8 Å². The van der Waals surface area contributed by atoms with Gasteiger partial charge in [-0.25, -0.2) is 0 Å². The second-order valence-corrected chi connectivity index (χ2v) is 8.74. The molecule has 0 bridgehead atoms. The molecule has 0 radical (unpaired) electrons. The van der Waals surface area contributed by atoms with Crippen LogP contribution in [0.3, 0.4) is 0 Å². The lowest BCUT2D eigenvalue weighted by Gasteiger charge is -2.29. The van der Waals surface area contributed by atoms with Crippen LogP contribution < -0.4 is 14.8 Å². The molecule has 0 saturated heterocycles. The van der Waals surface area contributed by atoms with E-state index in [1.807, 2.05) is 36.4 Å². The van der Waals surface area contributed by atoms with Crippen molar-refractivity contribution in [3.63, 3.8) is 0 Å². The zero-order chi connectivity index (χ0) is 22.1. The number of hydrogen-bond acceptors (Lipinski definition) is 4. The Kier molecular flexibility index (Phi) is 5.90. The zero-order valence-electron chi connectivity index (χ0n) is 18.6. The molecule has 2 aliphatic rings. The van der Waals surface area contributed by atoms with Gasteiger partial charge in [0.15, 0.2) is 11.5 Å². The van der Waals surface area contributed by atoms with E-state index in [-0.39, 0.29) is 23.8 Å². The fraction of sp³-hybridized carbons (Fsp3) is 0.440. The first kappa shape index (κ1) is 21.2. The monoisotopic (exact) mass is 422 g/mol. The average molecular weight is 423 g/mol. The summed E-state index contributed by atoms with van der Waals surface area (Å²) in [5, 5.41) is 3.22. The minimum Gasteiger partial charge on any atom is -0.493 e. The number of amides is 2. The maximum absolute atomic E-state index is 13.4. The summed E-state index contributed by atoms with van der Waals surface area (Å²) in [4.78, 5) is 28.2. The largest absolute Gasteiger partial charge is 0.493 e. The van der Waals surface area contributed by atoms with Crippen LogP contribution in [0.2, 0.25) is 0 Å². The second kappa shape index (κ2) is 8.61. The van der Waals surface area contributed by atoms with E-state index in [0.717, 1.165) is 29.5 Å². The number of ether oxygens (including phenoxy) is 2. The molecule has 4 rings (SSSR count). The highest BCUT2D eigenvalue weighted by molar-refractivity contribution is 6.01. The molecule has 0 aromatic heterocycles. The Labute approximate surface area is 183 Å². The molecule has 0 spiro atoms. The molecular weight excluding hydrogens is 392 g/mol. The number of nitrogens with one attached hydrogen (secondary N) is 1. The number of methoxy groups -OCH3 is 2. The van der Waals surface area contributed by atoms with Crippen LogP contribution in [0, 0.1) is 5.92 Å². The molecule has 1 N–H and O–H groups in total. The molecule has 2 aromatic rings. The molecule has 1 aliphatic heterocycles. The van der Waals surface area contributed by atoms with Gasteiger partial charge in [0.05, 0.1) is 20.3 Å². The Morgan fingerprint density at radius 3 is 2.52 bits per heavy atom. The SMILES string of the molecule is COc1cc2c(cc1OC)[C@H](NC(=O)[C@H](CC(C)C)N1Cc3ccccc3C1=O)CC2. The molecule has 1 aliphatic carbocycles. The predicted octanol–water partition coefficient (Wildman–Crippen LogP) is 3.88. The van der Waals surface area contributed by atoms with E-state index in [1.54, 1.807) is 19.1 Å². The molecular formula is C25H30N2O4. The lowest BCUT2D eigenvalue weighted by Crippen LogP contribution is -2.48. The van der Waals surface area contributed by atoms with E-state index < -0.39 is 6.04 Å². The van der Waals surface area contributed by atoms with E-state index in [9.17, 15) is 9.59 Å². The molecule has 2 amide bonds. The van der Waals surface area contributed by atoms with Gasteiger partial charge in [0.2, 0.25) is 5.91 Å². The molecule has 1 heterocycles. The summed E-state index contributed by atoms with van der Waals surface area (Å²) in [5.74, 6) is 1.49.